The Morgan fingerprint density at radius 1 is 1.32 bits per heavy atom. The molecule has 7 heteroatoms. The van der Waals surface area contributed by atoms with Crippen molar-refractivity contribution in [3.8, 4) is 17.1 Å². The molecule has 0 saturated carbocycles. The van der Waals surface area contributed by atoms with Crippen molar-refractivity contribution >= 4 is 17.6 Å². The molecule has 0 bridgehead atoms. The number of esters is 1. The fraction of sp³-hybridized carbons (Fsp3) is 0.238. The van der Waals surface area contributed by atoms with Crippen LogP contribution in [0, 0.1) is 5.82 Å². The molecule has 0 aliphatic carbocycles. The van der Waals surface area contributed by atoms with Gasteiger partial charge in [0.1, 0.15) is 30.0 Å². The minimum atomic E-state index is -0.600. The number of halogens is 2. The number of fused-ring (bicyclic) bond motifs is 1. The predicted octanol–water partition coefficient (Wildman–Crippen LogP) is 4.74. The summed E-state index contributed by atoms with van der Waals surface area (Å²) in [5.74, 6) is 0.253. The molecule has 28 heavy (non-hydrogen) atoms. The summed E-state index contributed by atoms with van der Waals surface area (Å²) in [6, 6.07) is 11.8. The highest BCUT2D eigenvalue weighted by molar-refractivity contribution is 6.31. The summed E-state index contributed by atoms with van der Waals surface area (Å²) in [6.07, 6.45) is 0.799. The van der Waals surface area contributed by atoms with E-state index in [0.717, 1.165) is 23.3 Å². The summed E-state index contributed by atoms with van der Waals surface area (Å²) in [6.45, 7) is 1.95. The van der Waals surface area contributed by atoms with E-state index in [1.54, 1.807) is 6.07 Å². The zero-order valence-corrected chi connectivity index (χ0v) is 15.8. The molecular formula is C21H17ClFNO4. The van der Waals surface area contributed by atoms with Crippen LogP contribution in [0.2, 0.25) is 5.02 Å². The third kappa shape index (κ3) is 3.87. The van der Waals surface area contributed by atoms with Crippen LogP contribution in [0.1, 0.15) is 23.7 Å². The molecule has 1 aromatic heterocycles. The van der Waals surface area contributed by atoms with E-state index in [4.69, 9.17) is 25.6 Å². The zero-order chi connectivity index (χ0) is 19.7. The molecule has 0 amide bonds. The molecule has 1 aliphatic rings. The number of benzene rings is 2. The number of aromatic nitrogens is 1. The van der Waals surface area contributed by atoms with Crippen molar-refractivity contribution in [1.29, 1.82) is 0 Å². The average molecular weight is 402 g/mol. The van der Waals surface area contributed by atoms with Crippen LogP contribution in [0.15, 0.2) is 47.0 Å². The number of rotatable bonds is 5. The molecule has 1 unspecified atom stereocenters. The van der Waals surface area contributed by atoms with E-state index in [1.807, 2.05) is 25.1 Å². The van der Waals surface area contributed by atoms with Crippen LogP contribution < -0.4 is 4.74 Å². The van der Waals surface area contributed by atoms with Gasteiger partial charge in [-0.05, 0) is 30.7 Å². The third-order valence-corrected chi connectivity index (χ3v) is 4.86. The minimum Gasteiger partial charge on any atom is -0.490 e. The van der Waals surface area contributed by atoms with E-state index >= 15 is 0 Å². The zero-order valence-electron chi connectivity index (χ0n) is 15.1. The van der Waals surface area contributed by atoms with Gasteiger partial charge in [0.2, 0.25) is 0 Å². The molecule has 144 valence electrons. The van der Waals surface area contributed by atoms with Crippen LogP contribution in [0.3, 0.4) is 0 Å². The molecule has 5 nitrogen and oxygen atoms in total. The molecule has 0 fully saturated rings. The molecule has 4 rings (SSSR count). The molecule has 1 aliphatic heterocycles. The molecule has 1 atom stereocenters. The van der Waals surface area contributed by atoms with Gasteiger partial charge in [0.25, 0.3) is 0 Å². The van der Waals surface area contributed by atoms with E-state index in [-0.39, 0.29) is 29.7 Å². The summed E-state index contributed by atoms with van der Waals surface area (Å²) in [4.78, 5) is 12.0. The summed E-state index contributed by atoms with van der Waals surface area (Å²) in [5, 5.41) is 4.11. The molecule has 2 aromatic carbocycles. The Bertz CT molecular complexity index is 1010. The van der Waals surface area contributed by atoms with Crippen molar-refractivity contribution in [2.75, 3.05) is 0 Å². The van der Waals surface area contributed by atoms with Crippen LogP contribution in [-0.2, 0) is 29.0 Å². The highest BCUT2D eigenvalue weighted by Gasteiger charge is 2.20. The van der Waals surface area contributed by atoms with Crippen LogP contribution >= 0.6 is 11.6 Å². The number of hydrogen-bond acceptors (Lipinski definition) is 5. The Hall–Kier alpha value is -2.86. The number of ether oxygens (including phenoxy) is 2. The normalized spacial score (nSPS) is 15.2. The van der Waals surface area contributed by atoms with E-state index in [2.05, 4.69) is 5.16 Å². The van der Waals surface area contributed by atoms with Gasteiger partial charge in [0, 0.05) is 28.6 Å². The van der Waals surface area contributed by atoms with Gasteiger partial charge >= 0.3 is 5.97 Å². The van der Waals surface area contributed by atoms with Crippen molar-refractivity contribution in [3.63, 3.8) is 0 Å². The second-order valence-electron chi connectivity index (χ2n) is 6.68. The SMILES string of the molecule is CC1Cc2ccc(-c3cc(COC(=O)Cc4c(F)cccc4Cl)no3)cc2O1. The van der Waals surface area contributed by atoms with Gasteiger partial charge in [-0.2, -0.15) is 0 Å². The Labute approximate surface area is 166 Å². The summed E-state index contributed by atoms with van der Waals surface area (Å²) < 4.78 is 30.0. The van der Waals surface area contributed by atoms with E-state index < -0.39 is 11.8 Å². The number of carbonyl (C=O) groups excluding carboxylic acids is 1. The molecule has 3 aromatic rings. The van der Waals surface area contributed by atoms with Gasteiger partial charge in [-0.15, -0.1) is 0 Å². The highest BCUT2D eigenvalue weighted by Crippen LogP contribution is 2.33. The fourth-order valence-corrected chi connectivity index (χ4v) is 3.35. The standard InChI is InChI=1S/C21H17ClFNO4/c1-12-7-13-5-6-14(8-19(13)27-12)20-9-15(24-28-20)11-26-21(25)10-16-17(22)3-2-4-18(16)23/h2-6,8-9,12H,7,10-11H2,1H3. The maximum atomic E-state index is 13.8. The number of carbonyl (C=O) groups is 1. The Balaban J connectivity index is 1.39. The van der Waals surface area contributed by atoms with Gasteiger partial charge in [0.15, 0.2) is 5.76 Å². The van der Waals surface area contributed by atoms with Crippen molar-refractivity contribution in [3.05, 3.63) is 70.1 Å². The first-order valence-electron chi connectivity index (χ1n) is 8.83. The van der Waals surface area contributed by atoms with E-state index in [9.17, 15) is 9.18 Å². The van der Waals surface area contributed by atoms with Crippen molar-refractivity contribution in [1.82, 2.24) is 5.16 Å². The Kier molecular flexibility index (Phi) is 5.05. The second kappa shape index (κ2) is 7.64. The van der Waals surface area contributed by atoms with E-state index in [1.165, 1.54) is 18.2 Å². The van der Waals surface area contributed by atoms with E-state index in [0.29, 0.717) is 11.5 Å². The lowest BCUT2D eigenvalue weighted by Crippen LogP contribution is -2.09. The quantitative estimate of drug-likeness (QED) is 0.578. The van der Waals surface area contributed by atoms with Gasteiger partial charge in [0.05, 0.1) is 6.42 Å². The topological polar surface area (TPSA) is 61.6 Å². The minimum absolute atomic E-state index is 0.0765. The molecule has 2 heterocycles. The summed E-state index contributed by atoms with van der Waals surface area (Å²) in [7, 11) is 0. The van der Waals surface area contributed by atoms with Crippen LogP contribution in [0.4, 0.5) is 4.39 Å². The lowest BCUT2D eigenvalue weighted by atomic mass is 10.1. The average Bonchev–Trinajstić information content (AvgIpc) is 3.28. The predicted molar refractivity (Wildman–Crippen MR) is 101 cm³/mol. The van der Waals surface area contributed by atoms with Crippen molar-refractivity contribution < 1.29 is 23.2 Å². The first kappa shape index (κ1) is 18.5. The maximum absolute atomic E-state index is 13.8. The third-order valence-electron chi connectivity index (χ3n) is 4.51. The Morgan fingerprint density at radius 2 is 2.18 bits per heavy atom. The first-order chi connectivity index (χ1) is 13.5. The highest BCUT2D eigenvalue weighted by atomic mass is 35.5. The monoisotopic (exact) mass is 401 g/mol. The lowest BCUT2D eigenvalue weighted by molar-refractivity contribution is -0.144. The van der Waals surface area contributed by atoms with Crippen molar-refractivity contribution in [2.24, 2.45) is 0 Å². The number of nitrogens with zero attached hydrogens (tertiary/aromatic N) is 1. The van der Waals surface area contributed by atoms with Gasteiger partial charge in [-0.3, -0.25) is 4.79 Å². The molecule has 0 saturated heterocycles. The second-order valence-corrected chi connectivity index (χ2v) is 7.08. The van der Waals surface area contributed by atoms with Crippen LogP contribution in [0.5, 0.6) is 5.75 Å². The number of hydrogen-bond donors (Lipinski definition) is 0. The molecule has 0 N–H and O–H groups in total. The largest absolute Gasteiger partial charge is 0.490 e. The first-order valence-corrected chi connectivity index (χ1v) is 9.21. The van der Waals surface area contributed by atoms with Gasteiger partial charge in [-0.1, -0.05) is 35.0 Å². The Morgan fingerprint density at radius 3 is 3.00 bits per heavy atom. The van der Waals surface area contributed by atoms with Gasteiger partial charge < -0.3 is 14.0 Å². The molecule has 0 radical (unpaired) electrons. The summed E-state index contributed by atoms with van der Waals surface area (Å²) >= 11 is 5.93. The van der Waals surface area contributed by atoms with Gasteiger partial charge in [-0.25, -0.2) is 4.39 Å². The van der Waals surface area contributed by atoms with Crippen LogP contribution in [0.25, 0.3) is 11.3 Å². The molecule has 0 spiro atoms. The van der Waals surface area contributed by atoms with Crippen molar-refractivity contribution in [2.45, 2.75) is 32.5 Å². The van der Waals surface area contributed by atoms with Crippen LogP contribution in [-0.4, -0.2) is 17.2 Å². The smallest absolute Gasteiger partial charge is 0.310 e. The maximum Gasteiger partial charge on any atom is 0.310 e. The molecular weight excluding hydrogens is 385 g/mol. The fourth-order valence-electron chi connectivity index (χ4n) is 3.12. The summed E-state index contributed by atoms with van der Waals surface area (Å²) in [5.41, 5.74) is 2.56. The lowest BCUT2D eigenvalue weighted by Gasteiger charge is -2.05.